The Kier molecular flexibility index (Phi) is 19.7. The lowest BCUT2D eigenvalue weighted by Gasteiger charge is -2.15. The Morgan fingerprint density at radius 2 is 0.443 bits per heavy atom. The molecule has 0 spiro atoms. The van der Waals surface area contributed by atoms with Crippen LogP contribution in [-0.2, 0) is 0 Å². The molecule has 7 aromatic rings. The Balaban J connectivity index is 1.48. The van der Waals surface area contributed by atoms with E-state index in [0.717, 1.165) is 48.6 Å². The van der Waals surface area contributed by atoms with Gasteiger partial charge in [0.1, 0.15) is 0 Å². The number of fused-ring (bicyclic) bond motifs is 8. The Morgan fingerprint density at radius 1 is 0.261 bits per heavy atom. The third kappa shape index (κ3) is 11.8. The van der Waals surface area contributed by atoms with Crippen LogP contribution >= 0.6 is 0 Å². The molecule has 0 atom stereocenters. The number of aliphatic hydroxyl groups is 4. The van der Waals surface area contributed by atoms with Gasteiger partial charge in [0, 0.05) is 70.7 Å². The van der Waals surface area contributed by atoms with E-state index in [9.17, 15) is 20.4 Å². The molecule has 2 aliphatic rings. The van der Waals surface area contributed by atoms with E-state index >= 15 is 70.2 Å². The largest absolute Gasteiger partial charge is 0.487 e. The van der Waals surface area contributed by atoms with E-state index in [4.69, 9.17) is 18.9 Å². The van der Waals surface area contributed by atoms with E-state index in [0.29, 0.717) is 0 Å². The van der Waals surface area contributed by atoms with Crippen molar-refractivity contribution in [2.24, 2.45) is 0 Å². The van der Waals surface area contributed by atoms with E-state index in [-0.39, 0.29) is 51.4 Å². The fourth-order valence-electron chi connectivity index (χ4n) is 9.64. The molecule has 88 heavy (non-hydrogen) atoms. The van der Waals surface area contributed by atoms with Gasteiger partial charge in [-0.05, 0) is 99.9 Å². The number of nitrogens with zero attached hydrogens (tertiary/aromatic N) is 2. The van der Waals surface area contributed by atoms with Gasteiger partial charge in [-0.15, -0.1) is 0 Å². The molecule has 0 unspecified atom stereocenters. The Labute approximate surface area is 486 Å². The molecule has 0 fully saturated rings. The van der Waals surface area contributed by atoms with Gasteiger partial charge in [-0.3, -0.25) is 0 Å². The first-order valence-electron chi connectivity index (χ1n) is 26.8. The van der Waals surface area contributed by atoms with Crippen LogP contribution in [-0.4, -0.2) is 93.2 Å². The lowest BCUT2D eigenvalue weighted by atomic mass is 10.0. The number of aromatic nitrogens is 4. The molecule has 2 aliphatic heterocycles. The summed E-state index contributed by atoms with van der Waals surface area (Å²) >= 11 is 0. The van der Waals surface area contributed by atoms with E-state index in [1.54, 1.807) is 0 Å². The maximum atomic E-state index is 16.9. The molecule has 0 saturated heterocycles. The second-order valence-corrected chi connectivity index (χ2v) is 19.5. The van der Waals surface area contributed by atoms with Crippen LogP contribution in [0.2, 0.25) is 0 Å². The number of hydrogen-bond donors (Lipinski definition) is 6. The van der Waals surface area contributed by atoms with Crippen molar-refractivity contribution in [3.05, 3.63) is 140 Å². The zero-order valence-corrected chi connectivity index (χ0v) is 45.3. The molecule has 3 aromatic heterocycles. The van der Waals surface area contributed by atoms with Crippen molar-refractivity contribution in [2.45, 2.75) is 51.4 Å². The number of hydrogen-bond acceptors (Lipinski definition) is 10. The maximum absolute atomic E-state index is 16.9. The number of H-pyrrole nitrogens is 2. The number of aromatic amines is 2. The van der Waals surface area contributed by atoms with Crippen LogP contribution in [0.5, 0.6) is 23.0 Å². The fourth-order valence-corrected chi connectivity index (χ4v) is 9.64. The van der Waals surface area contributed by atoms with Crippen molar-refractivity contribution < 1.29 is 110 Å². The van der Waals surface area contributed by atoms with E-state index < -0.39 is 258 Å². The summed E-state index contributed by atoms with van der Waals surface area (Å²) in [6.07, 6.45) is 2.74. The fraction of sp³-hybridized carbons (Fsp3) is 0.267. The third-order valence-electron chi connectivity index (χ3n) is 13.8. The van der Waals surface area contributed by atoms with Crippen molar-refractivity contribution in [1.29, 1.82) is 0 Å². The maximum Gasteiger partial charge on any atom is 0.204 e. The molecule has 0 amide bonds. The normalized spacial score (nSPS) is 12.0. The summed E-state index contributed by atoms with van der Waals surface area (Å²) in [4.78, 5) is 13.5. The van der Waals surface area contributed by atoms with Gasteiger partial charge in [-0.1, -0.05) is 0 Å². The van der Waals surface area contributed by atoms with Crippen LogP contribution in [0.4, 0.5) is 70.2 Å². The molecule has 4 aromatic carbocycles. The lowest BCUT2D eigenvalue weighted by Crippen LogP contribution is -2.09. The molecular weight excluding hydrogens is 1210 g/mol. The Hall–Kier alpha value is -8.60. The summed E-state index contributed by atoms with van der Waals surface area (Å²) in [5.41, 5.74) is -17.8. The highest BCUT2D eigenvalue weighted by atomic mass is 19.2. The smallest absolute Gasteiger partial charge is 0.204 e. The van der Waals surface area contributed by atoms with Crippen molar-refractivity contribution >= 4 is 46.4 Å². The monoisotopic (exact) mass is 1250 g/mol. The van der Waals surface area contributed by atoms with Gasteiger partial charge in [-0.25, -0.2) is 45.1 Å². The number of halogens is 16. The topological polar surface area (TPSA) is 175 Å². The minimum absolute atomic E-state index is 0.00841. The molecular formula is C60H46F16N4O8. The quantitative estimate of drug-likeness (QED) is 0.0194. The first kappa shape index (κ1) is 63.9. The highest BCUT2D eigenvalue weighted by Gasteiger charge is 2.36. The van der Waals surface area contributed by atoms with Gasteiger partial charge in [-0.2, -0.15) is 35.1 Å². The molecule has 6 N–H and O–H groups in total. The number of rotatable bonds is 24. The zero-order chi connectivity index (χ0) is 63.4. The highest BCUT2D eigenvalue weighted by molar-refractivity contribution is 6.00. The molecule has 8 bridgehead atoms. The molecule has 466 valence electrons. The molecule has 9 rings (SSSR count). The predicted octanol–water partition coefficient (Wildman–Crippen LogP) is 14.2. The van der Waals surface area contributed by atoms with Crippen LogP contribution in [0.1, 0.15) is 74.1 Å². The molecule has 12 nitrogen and oxygen atoms in total. The van der Waals surface area contributed by atoms with E-state index in [2.05, 4.69) is 19.9 Å². The molecule has 28 heteroatoms. The second-order valence-electron chi connectivity index (χ2n) is 19.5. The minimum Gasteiger partial charge on any atom is -0.487 e. The van der Waals surface area contributed by atoms with E-state index in [1.807, 2.05) is 0 Å². The van der Waals surface area contributed by atoms with Crippen LogP contribution in [0.25, 0.3) is 90.9 Å². The van der Waals surface area contributed by atoms with Gasteiger partial charge in [0.15, 0.2) is 69.5 Å². The van der Waals surface area contributed by atoms with E-state index in [1.165, 1.54) is 0 Å². The Morgan fingerprint density at radius 3 is 0.614 bits per heavy atom. The first-order valence-corrected chi connectivity index (χ1v) is 26.8. The summed E-state index contributed by atoms with van der Waals surface area (Å²) in [5.74, 6) is -41.9. The van der Waals surface area contributed by atoms with Gasteiger partial charge < -0.3 is 49.3 Å². The second kappa shape index (κ2) is 27.2. The van der Waals surface area contributed by atoms with Crippen molar-refractivity contribution in [1.82, 2.24) is 19.9 Å². The third-order valence-corrected chi connectivity index (χ3v) is 13.8. The van der Waals surface area contributed by atoms with Crippen molar-refractivity contribution in [2.75, 3.05) is 52.9 Å². The molecule has 0 radical (unpaired) electrons. The van der Waals surface area contributed by atoms with Crippen LogP contribution < -0.4 is 18.9 Å². The van der Waals surface area contributed by atoms with Crippen LogP contribution in [0.3, 0.4) is 0 Å². The summed E-state index contributed by atoms with van der Waals surface area (Å²) in [6.45, 7) is -4.09. The highest BCUT2D eigenvalue weighted by Crippen LogP contribution is 2.47. The standard InChI is InChI=1S/C60H46F16N4O8/c61-41-37(42(62)50(70)57(49(41)69)85-21-5-1-17-81)33-25-9-11-27(77-25)34(38-43(63)51(71)58(52(72)44(38)64)86-22-6-2-18-82)29-13-15-31(79-29)36(40-47(67)55(75)60(56(76)48(40)68)88-24-8-4-20-84)32-16-14-30(80-32)35(28-12-10-26(33)78-28)39-45(65)53(73)59(54(74)46(39)66)87-23-7-3-19-83/h9-16,77,80-84H,1-8,17-24H2. The van der Waals surface area contributed by atoms with Crippen molar-refractivity contribution in [3.63, 3.8) is 0 Å². The average molecular weight is 1260 g/mol. The minimum atomic E-state index is -2.24. The predicted molar refractivity (Wildman–Crippen MR) is 287 cm³/mol. The summed E-state index contributed by atoms with van der Waals surface area (Å²) < 4.78 is 285. The summed E-state index contributed by atoms with van der Waals surface area (Å²) in [5, 5.41) is 36.7. The summed E-state index contributed by atoms with van der Waals surface area (Å²) in [6, 6.07) is 3.18. The molecule has 5 heterocycles. The average Bonchev–Trinajstić information content (AvgIpc) is 1.58. The van der Waals surface area contributed by atoms with Gasteiger partial charge in [0.05, 0.1) is 71.5 Å². The number of benzene rings is 4. The van der Waals surface area contributed by atoms with Crippen molar-refractivity contribution in [3.8, 4) is 67.5 Å². The lowest BCUT2D eigenvalue weighted by molar-refractivity contribution is 0.237. The van der Waals surface area contributed by atoms with Gasteiger partial charge in [0.2, 0.25) is 46.5 Å². The molecule has 0 saturated carbocycles. The van der Waals surface area contributed by atoms with Gasteiger partial charge in [0.25, 0.3) is 0 Å². The number of aliphatic hydroxyl groups excluding tert-OH is 4. The number of nitrogens with one attached hydrogen (secondary N) is 2. The number of ether oxygens (including phenoxy) is 4. The first-order chi connectivity index (χ1) is 42.2. The number of unbranched alkanes of at least 4 members (excludes halogenated alkanes) is 4. The zero-order valence-electron chi connectivity index (χ0n) is 45.3. The Bertz CT molecular complexity index is 3490. The van der Waals surface area contributed by atoms with Gasteiger partial charge >= 0.3 is 0 Å². The SMILES string of the molecule is OCCCCOc1c(F)c(F)c(-c2c3nc(c(-c4c(F)c(F)c(OCCCCO)c(F)c4F)c4ccc([nH]4)c(-c4c(F)c(F)c(OCCCCO)c(F)c4F)c4nc(c(-c5c(F)c(F)c(OCCCCO)c(F)c5F)c5ccc2[nH]5)C=C4)C=C3)c(F)c1F. The van der Waals surface area contributed by atoms with Crippen LogP contribution in [0.15, 0.2) is 24.3 Å². The molecule has 0 aliphatic carbocycles. The summed E-state index contributed by atoms with van der Waals surface area (Å²) in [7, 11) is 0. The van der Waals surface area contributed by atoms with Crippen LogP contribution in [0, 0.1) is 93.1 Å².